The van der Waals surface area contributed by atoms with Gasteiger partial charge < -0.3 is 9.88 Å². The van der Waals surface area contributed by atoms with E-state index in [1.807, 2.05) is 0 Å². The molecular formula is C15H15ClN2. The summed E-state index contributed by atoms with van der Waals surface area (Å²) < 4.78 is 2.23. The number of nitrogens with one attached hydrogen (secondary N) is 1. The molecule has 0 aliphatic carbocycles. The monoisotopic (exact) mass is 258 g/mol. The lowest BCUT2D eigenvalue weighted by Gasteiger charge is -2.34. The Labute approximate surface area is 111 Å². The quantitative estimate of drug-likeness (QED) is 0.767. The van der Waals surface area contributed by atoms with Gasteiger partial charge in [-0.25, -0.2) is 0 Å². The summed E-state index contributed by atoms with van der Waals surface area (Å²) in [6, 6.07) is 8.96. The van der Waals surface area contributed by atoms with Gasteiger partial charge in [-0.3, -0.25) is 0 Å². The highest BCUT2D eigenvalue weighted by Crippen LogP contribution is 2.38. The first-order valence-electron chi connectivity index (χ1n) is 6.47. The third-order valence-corrected chi connectivity index (χ3v) is 4.38. The summed E-state index contributed by atoms with van der Waals surface area (Å²) in [5.41, 5.74) is 4.08. The van der Waals surface area contributed by atoms with Crippen LogP contribution in [0.25, 0.3) is 16.5 Å². The molecule has 1 N–H and O–H groups in total. The zero-order chi connectivity index (χ0) is 12.3. The van der Waals surface area contributed by atoms with E-state index in [9.17, 15) is 0 Å². The third kappa shape index (κ3) is 1.33. The molecule has 2 nitrogen and oxygen atoms in total. The average molecular weight is 259 g/mol. The lowest BCUT2D eigenvalue weighted by atomic mass is 9.88. The van der Waals surface area contributed by atoms with Crippen molar-refractivity contribution < 1.29 is 0 Å². The van der Waals surface area contributed by atoms with Crippen LogP contribution < -0.4 is 5.32 Å². The molecule has 2 unspecified atom stereocenters. The molecule has 1 aromatic carbocycles. The van der Waals surface area contributed by atoms with E-state index >= 15 is 0 Å². The Morgan fingerprint density at radius 2 is 2.28 bits per heavy atom. The van der Waals surface area contributed by atoms with Crippen molar-refractivity contribution in [1.29, 1.82) is 0 Å². The van der Waals surface area contributed by atoms with Gasteiger partial charge in [-0.15, -0.1) is 0 Å². The second kappa shape index (κ2) is 3.62. The highest BCUT2D eigenvalue weighted by atomic mass is 35.5. The molecule has 0 saturated heterocycles. The fraction of sp³-hybridized carbons (Fsp3) is 0.333. The first-order chi connectivity index (χ1) is 8.74. The average Bonchev–Trinajstić information content (AvgIpc) is 2.69. The van der Waals surface area contributed by atoms with Gasteiger partial charge in [-0.2, -0.15) is 0 Å². The topological polar surface area (TPSA) is 17.0 Å². The van der Waals surface area contributed by atoms with Crippen LogP contribution in [0.15, 0.2) is 30.3 Å². The van der Waals surface area contributed by atoms with Crippen molar-refractivity contribution in [2.45, 2.75) is 19.5 Å². The maximum absolute atomic E-state index is 6.35. The minimum absolute atomic E-state index is 0.407. The molecule has 2 aliphatic heterocycles. The maximum Gasteiger partial charge on any atom is 0.110 e. The summed E-state index contributed by atoms with van der Waals surface area (Å²) in [5.74, 6) is 0.600. The molecule has 0 amide bonds. The van der Waals surface area contributed by atoms with Crippen molar-refractivity contribution in [2.24, 2.45) is 5.92 Å². The summed E-state index contributed by atoms with van der Waals surface area (Å²) in [4.78, 5) is 0. The standard InChI is InChI=1S/C15H15ClN2/c1-9-5-12-11-4-2-3-10-6-14(16)18(15(10)11)8-13(12)17-7-9/h2-6,9,13,17H,7-8H2,1H3. The Morgan fingerprint density at radius 3 is 3.17 bits per heavy atom. The molecule has 0 fully saturated rings. The van der Waals surface area contributed by atoms with Crippen molar-refractivity contribution in [2.75, 3.05) is 6.54 Å². The molecule has 2 aliphatic rings. The zero-order valence-electron chi connectivity index (χ0n) is 10.3. The lowest BCUT2D eigenvalue weighted by molar-refractivity contribution is 0.473. The third-order valence-electron chi connectivity index (χ3n) is 4.07. The maximum atomic E-state index is 6.35. The molecule has 0 spiro atoms. The first-order valence-corrected chi connectivity index (χ1v) is 6.85. The van der Waals surface area contributed by atoms with Crippen molar-refractivity contribution in [3.05, 3.63) is 41.1 Å². The van der Waals surface area contributed by atoms with Gasteiger partial charge in [-0.05, 0) is 17.6 Å². The van der Waals surface area contributed by atoms with Crippen LogP contribution in [0.4, 0.5) is 0 Å². The SMILES string of the molecule is CC1C=C2c3cccc4cc(Cl)n(c34)CC2NC1. The summed E-state index contributed by atoms with van der Waals surface area (Å²) in [6.45, 7) is 4.26. The summed E-state index contributed by atoms with van der Waals surface area (Å²) in [5, 5.41) is 5.71. The number of rotatable bonds is 0. The Balaban J connectivity index is 2.06. The number of aromatic nitrogens is 1. The summed E-state index contributed by atoms with van der Waals surface area (Å²) in [7, 11) is 0. The van der Waals surface area contributed by atoms with Gasteiger partial charge in [0, 0.05) is 24.0 Å². The predicted molar refractivity (Wildman–Crippen MR) is 75.9 cm³/mol. The van der Waals surface area contributed by atoms with Gasteiger partial charge in [0.25, 0.3) is 0 Å². The van der Waals surface area contributed by atoms with Gasteiger partial charge in [0.15, 0.2) is 0 Å². The molecule has 92 valence electrons. The van der Waals surface area contributed by atoms with E-state index < -0.39 is 0 Å². The highest BCUT2D eigenvalue weighted by molar-refractivity contribution is 6.31. The molecular weight excluding hydrogens is 244 g/mol. The van der Waals surface area contributed by atoms with Crippen LogP contribution in [0, 0.1) is 5.92 Å². The van der Waals surface area contributed by atoms with Crippen molar-refractivity contribution in [1.82, 2.24) is 9.88 Å². The van der Waals surface area contributed by atoms with Crippen LogP contribution in [-0.2, 0) is 6.54 Å². The van der Waals surface area contributed by atoms with Crippen LogP contribution in [0.2, 0.25) is 5.15 Å². The molecule has 0 saturated carbocycles. The Hall–Kier alpha value is -1.25. The molecule has 18 heavy (non-hydrogen) atoms. The molecule has 4 rings (SSSR count). The van der Waals surface area contributed by atoms with Crippen molar-refractivity contribution in [3.8, 4) is 0 Å². The highest BCUT2D eigenvalue weighted by Gasteiger charge is 2.29. The molecule has 2 atom stereocenters. The van der Waals surface area contributed by atoms with Crippen LogP contribution >= 0.6 is 11.6 Å². The van der Waals surface area contributed by atoms with E-state index in [1.54, 1.807) is 0 Å². The zero-order valence-corrected chi connectivity index (χ0v) is 11.0. The number of hydrogen-bond acceptors (Lipinski definition) is 1. The van der Waals surface area contributed by atoms with Gasteiger partial charge in [-0.1, -0.05) is 42.8 Å². The molecule has 3 heteroatoms. The van der Waals surface area contributed by atoms with E-state index in [4.69, 9.17) is 11.6 Å². The van der Waals surface area contributed by atoms with Crippen LogP contribution in [-0.4, -0.2) is 17.2 Å². The number of halogens is 1. The van der Waals surface area contributed by atoms with Crippen LogP contribution in [0.1, 0.15) is 12.5 Å². The second-order valence-electron chi connectivity index (χ2n) is 5.38. The van der Waals surface area contributed by atoms with Crippen molar-refractivity contribution in [3.63, 3.8) is 0 Å². The van der Waals surface area contributed by atoms with E-state index in [1.165, 1.54) is 22.0 Å². The first kappa shape index (κ1) is 10.7. The number of nitrogens with zero attached hydrogens (tertiary/aromatic N) is 1. The number of fused-ring (bicyclic) bond motifs is 2. The second-order valence-corrected chi connectivity index (χ2v) is 5.77. The lowest BCUT2D eigenvalue weighted by Crippen LogP contribution is -2.42. The van der Waals surface area contributed by atoms with Crippen LogP contribution in [0.5, 0.6) is 0 Å². The predicted octanol–water partition coefficient (Wildman–Crippen LogP) is 3.30. The van der Waals surface area contributed by atoms with E-state index in [0.717, 1.165) is 18.2 Å². The molecule has 1 aromatic heterocycles. The van der Waals surface area contributed by atoms with E-state index in [2.05, 4.69) is 47.1 Å². The van der Waals surface area contributed by atoms with Gasteiger partial charge in [0.2, 0.25) is 0 Å². The Bertz CT molecular complexity index is 668. The molecule has 0 radical (unpaired) electrons. The summed E-state index contributed by atoms with van der Waals surface area (Å²) in [6.07, 6.45) is 2.42. The number of para-hydroxylation sites is 1. The molecule has 2 aromatic rings. The fourth-order valence-electron chi connectivity index (χ4n) is 3.25. The normalized spacial score (nSPS) is 26.0. The fourth-order valence-corrected chi connectivity index (χ4v) is 3.52. The Morgan fingerprint density at radius 1 is 1.39 bits per heavy atom. The van der Waals surface area contributed by atoms with Crippen molar-refractivity contribution >= 4 is 28.1 Å². The largest absolute Gasteiger partial charge is 0.329 e. The van der Waals surface area contributed by atoms with E-state index in [-0.39, 0.29) is 0 Å². The van der Waals surface area contributed by atoms with Gasteiger partial charge in [0.05, 0.1) is 11.6 Å². The minimum atomic E-state index is 0.407. The Kier molecular flexibility index (Phi) is 2.14. The number of benzene rings is 1. The molecule has 0 bridgehead atoms. The van der Waals surface area contributed by atoms with Gasteiger partial charge >= 0.3 is 0 Å². The van der Waals surface area contributed by atoms with Crippen LogP contribution in [0.3, 0.4) is 0 Å². The number of hydrogen-bond donors (Lipinski definition) is 1. The minimum Gasteiger partial charge on any atom is -0.329 e. The molecule has 3 heterocycles. The summed E-state index contributed by atoms with van der Waals surface area (Å²) >= 11 is 6.35. The van der Waals surface area contributed by atoms with E-state index in [0.29, 0.717) is 12.0 Å². The smallest absolute Gasteiger partial charge is 0.110 e. The van der Waals surface area contributed by atoms with Gasteiger partial charge in [0.1, 0.15) is 5.15 Å².